The summed E-state index contributed by atoms with van der Waals surface area (Å²) in [6.45, 7) is 0.0400. The van der Waals surface area contributed by atoms with Gasteiger partial charge in [-0.05, 0) is 29.3 Å². The van der Waals surface area contributed by atoms with E-state index in [0.717, 1.165) is 11.3 Å². The second kappa shape index (κ2) is 9.32. The van der Waals surface area contributed by atoms with Gasteiger partial charge in [0.1, 0.15) is 5.15 Å². The van der Waals surface area contributed by atoms with Crippen molar-refractivity contribution in [2.24, 2.45) is 5.10 Å². The highest BCUT2D eigenvalue weighted by Gasteiger charge is 2.13. The highest BCUT2D eigenvalue weighted by molar-refractivity contribution is 7.11. The third kappa shape index (κ3) is 5.21. The maximum absolute atomic E-state index is 12.3. The number of nitrogens with one attached hydrogen (secondary N) is 1. The van der Waals surface area contributed by atoms with Gasteiger partial charge in [-0.15, -0.1) is 0 Å². The Balaban J connectivity index is 1.71. The van der Waals surface area contributed by atoms with Crippen LogP contribution < -0.4 is 15.4 Å². The zero-order chi connectivity index (χ0) is 22.5. The molecule has 0 saturated heterocycles. The number of benzene rings is 2. The molecular weight excluding hydrogens is 448 g/mol. The summed E-state index contributed by atoms with van der Waals surface area (Å²) in [5, 5.41) is 25.5. The monoisotopic (exact) mass is 459 g/mol. The van der Waals surface area contributed by atoms with E-state index in [1.54, 1.807) is 6.07 Å². The van der Waals surface area contributed by atoms with Crippen molar-refractivity contribution in [3.05, 3.63) is 95.0 Å². The molecule has 0 bridgehead atoms. The molecule has 0 aliphatic carbocycles. The van der Waals surface area contributed by atoms with Gasteiger partial charge >= 0.3 is 4.87 Å². The second-order valence-corrected chi connectivity index (χ2v) is 7.45. The fourth-order valence-corrected chi connectivity index (χ4v) is 3.65. The maximum Gasteiger partial charge on any atom is 0.309 e. The average Bonchev–Trinajstić information content (AvgIpc) is 3.01. The Kier molecular flexibility index (Phi) is 6.58. The van der Waals surface area contributed by atoms with Gasteiger partial charge in [0.15, 0.2) is 0 Å². The van der Waals surface area contributed by atoms with Crippen LogP contribution in [0.1, 0.15) is 31.2 Å². The molecule has 2 aromatic carbocycles. The highest BCUT2D eigenvalue weighted by atomic mass is 35.5. The first-order valence-corrected chi connectivity index (χ1v) is 9.73. The Morgan fingerprint density at radius 3 is 2.55 bits per heavy atom. The van der Waals surface area contributed by atoms with Crippen molar-refractivity contribution in [2.45, 2.75) is 6.54 Å². The van der Waals surface area contributed by atoms with E-state index in [1.807, 2.05) is 0 Å². The molecule has 0 atom stereocenters. The third-order valence-electron chi connectivity index (χ3n) is 4.05. The van der Waals surface area contributed by atoms with Crippen LogP contribution in [0.2, 0.25) is 5.15 Å². The van der Waals surface area contributed by atoms with Crippen molar-refractivity contribution in [1.82, 2.24) is 9.99 Å². The number of nitrogens with zero attached hydrogens (tertiary/aromatic N) is 3. The van der Waals surface area contributed by atoms with E-state index in [0.29, 0.717) is 5.56 Å². The van der Waals surface area contributed by atoms with Gasteiger partial charge in [0.2, 0.25) is 0 Å². The van der Waals surface area contributed by atoms with Crippen LogP contribution in [-0.4, -0.2) is 27.6 Å². The number of halogens is 1. The van der Waals surface area contributed by atoms with Crippen molar-refractivity contribution in [3.63, 3.8) is 0 Å². The smallest absolute Gasteiger partial charge is 0.309 e. The molecule has 1 heterocycles. The van der Waals surface area contributed by atoms with Crippen LogP contribution in [-0.2, 0) is 6.54 Å². The lowest BCUT2D eigenvalue weighted by Crippen LogP contribution is -2.22. The van der Waals surface area contributed by atoms with Gasteiger partial charge in [0.25, 0.3) is 11.6 Å². The third-order valence-corrected chi connectivity index (χ3v) is 5.48. The molecule has 3 aromatic rings. The van der Waals surface area contributed by atoms with Gasteiger partial charge in [0.05, 0.1) is 28.5 Å². The second-order valence-electron chi connectivity index (χ2n) is 6.10. The quantitative estimate of drug-likeness (QED) is 0.323. The lowest BCUT2D eigenvalue weighted by molar-refractivity contribution is -0.384. The Morgan fingerprint density at radius 2 is 1.90 bits per heavy atom. The predicted molar refractivity (Wildman–Crippen MR) is 112 cm³/mol. The van der Waals surface area contributed by atoms with Gasteiger partial charge in [-0.3, -0.25) is 24.3 Å². The molecule has 0 saturated carbocycles. The van der Waals surface area contributed by atoms with Crippen LogP contribution in [0.4, 0.5) is 5.69 Å². The molecule has 10 nitrogen and oxygen atoms in total. The van der Waals surface area contributed by atoms with Crippen molar-refractivity contribution < 1.29 is 19.6 Å². The number of carboxylic acids is 1. The summed E-state index contributed by atoms with van der Waals surface area (Å²) in [4.78, 5) is 45.2. The van der Waals surface area contributed by atoms with E-state index >= 15 is 0 Å². The van der Waals surface area contributed by atoms with Gasteiger partial charge in [0, 0.05) is 17.7 Å². The number of rotatable bonds is 7. The van der Waals surface area contributed by atoms with E-state index in [-0.39, 0.29) is 33.4 Å². The minimum Gasteiger partial charge on any atom is -0.545 e. The molecule has 1 amide bonds. The summed E-state index contributed by atoms with van der Waals surface area (Å²) < 4.78 is 1.24. The van der Waals surface area contributed by atoms with Crippen LogP contribution in [0.3, 0.4) is 0 Å². The number of amides is 1. The van der Waals surface area contributed by atoms with Crippen LogP contribution in [0.5, 0.6) is 0 Å². The molecule has 0 aliphatic rings. The van der Waals surface area contributed by atoms with Crippen LogP contribution in [0.15, 0.2) is 58.4 Å². The number of carboxylic acid groups (broad SMARTS) is 1. The van der Waals surface area contributed by atoms with Crippen molar-refractivity contribution in [2.75, 3.05) is 0 Å². The zero-order valence-corrected chi connectivity index (χ0v) is 17.1. The van der Waals surface area contributed by atoms with Gasteiger partial charge < -0.3 is 9.90 Å². The summed E-state index contributed by atoms with van der Waals surface area (Å²) in [7, 11) is 0. The number of hydrogen-bond acceptors (Lipinski definition) is 8. The van der Waals surface area contributed by atoms with Gasteiger partial charge in [-0.1, -0.05) is 41.1 Å². The molecule has 0 fully saturated rings. The lowest BCUT2D eigenvalue weighted by Gasteiger charge is -2.07. The van der Waals surface area contributed by atoms with Gasteiger partial charge in [-0.2, -0.15) is 5.10 Å². The fourth-order valence-electron chi connectivity index (χ4n) is 2.55. The van der Waals surface area contributed by atoms with Crippen molar-refractivity contribution in [3.8, 4) is 0 Å². The summed E-state index contributed by atoms with van der Waals surface area (Å²) in [5.74, 6) is -1.93. The number of non-ortho nitro benzene ring substituents is 1. The number of nitro benzene ring substituents is 1. The number of carbonyl (C=O) groups excluding carboxylic acids is 2. The molecule has 0 aliphatic heterocycles. The Bertz CT molecular complexity index is 1250. The molecule has 1 aromatic heterocycles. The molecule has 0 radical (unpaired) electrons. The zero-order valence-electron chi connectivity index (χ0n) is 15.5. The summed E-state index contributed by atoms with van der Waals surface area (Å²) in [5.41, 5.74) is 2.78. The summed E-state index contributed by atoms with van der Waals surface area (Å²) in [6.07, 6.45) is 1.20. The van der Waals surface area contributed by atoms with E-state index in [2.05, 4.69) is 10.5 Å². The number of carbonyl (C=O) groups is 2. The summed E-state index contributed by atoms with van der Waals surface area (Å²) >= 11 is 7.03. The SMILES string of the molecule is O=C([O-])c1cccc(Cn2c(Cl)c(/C=N\NC(=O)c3ccc([N+](=O)[O-])cc3)sc2=O)c1. The van der Waals surface area contributed by atoms with Gasteiger partial charge in [-0.25, -0.2) is 5.43 Å². The van der Waals surface area contributed by atoms with Crippen LogP contribution in [0.25, 0.3) is 0 Å². The van der Waals surface area contributed by atoms with Crippen LogP contribution >= 0.6 is 22.9 Å². The number of thiazole rings is 1. The normalized spacial score (nSPS) is 10.9. The van der Waals surface area contributed by atoms with Crippen LogP contribution in [0, 0.1) is 10.1 Å². The van der Waals surface area contributed by atoms with Crippen molar-refractivity contribution in [1.29, 1.82) is 0 Å². The number of aromatic nitrogens is 1. The first kappa shape index (κ1) is 21.9. The Labute approximate surface area is 183 Å². The summed E-state index contributed by atoms with van der Waals surface area (Å²) in [6, 6.07) is 10.9. The van der Waals surface area contributed by atoms with E-state index in [1.165, 1.54) is 53.2 Å². The number of hydrazone groups is 1. The van der Waals surface area contributed by atoms with E-state index in [4.69, 9.17) is 11.6 Å². The first-order valence-electron chi connectivity index (χ1n) is 8.53. The minimum absolute atomic E-state index is 0.0207. The molecule has 0 spiro atoms. The highest BCUT2D eigenvalue weighted by Crippen LogP contribution is 2.19. The Morgan fingerprint density at radius 1 is 1.19 bits per heavy atom. The van der Waals surface area contributed by atoms with E-state index in [9.17, 15) is 29.6 Å². The van der Waals surface area contributed by atoms with Crippen molar-refractivity contribution >= 4 is 46.7 Å². The number of nitro groups is 1. The number of hydrogen-bond donors (Lipinski definition) is 1. The Hall–Kier alpha value is -3.83. The lowest BCUT2D eigenvalue weighted by atomic mass is 10.1. The molecule has 158 valence electrons. The molecule has 1 N–H and O–H groups in total. The minimum atomic E-state index is -1.33. The molecule has 0 unspecified atom stereocenters. The fraction of sp³-hybridized carbons (Fsp3) is 0.0526. The standard InChI is InChI=1S/C19H13ClN4O6S/c20-16-15(9-21-22-17(25)12-4-6-14(7-5-12)24(29)30)31-19(28)23(16)10-11-2-1-3-13(8-11)18(26)27/h1-9H,10H2,(H,22,25)(H,26,27)/p-1/b21-9-. The topological polar surface area (TPSA) is 147 Å². The van der Waals surface area contributed by atoms with E-state index < -0.39 is 21.7 Å². The average molecular weight is 460 g/mol. The maximum atomic E-state index is 12.3. The largest absolute Gasteiger partial charge is 0.545 e. The first-order chi connectivity index (χ1) is 14.8. The molecular formula is C19H12ClN4O6S-. The molecule has 12 heteroatoms. The molecule has 31 heavy (non-hydrogen) atoms. The number of aromatic carboxylic acids is 1. The predicted octanol–water partition coefficient (Wildman–Crippen LogP) is 1.65. The molecule has 3 rings (SSSR count).